The Morgan fingerprint density at radius 3 is 1.16 bits per heavy atom. The SMILES string of the molecule is CC(C)(C)OC(=O)c1cc[n+]([O-])cc1.CC(C)OC(=O)c1cc[n+]([O-])cc1.CCOC(=O)c1cc[n+]([O-])cc1.COC(=O)c1cc[n+]([O-])cc1. The molecule has 16 heteroatoms. The summed E-state index contributed by atoms with van der Waals surface area (Å²) in [6, 6.07) is 11.4. The van der Waals surface area contributed by atoms with Crippen LogP contribution >= 0.6 is 0 Å². The Morgan fingerprint density at radius 1 is 0.580 bits per heavy atom. The first-order valence-corrected chi connectivity index (χ1v) is 14.9. The standard InChI is InChI=1S/C10H13NO3.C9H11NO3.C8H9NO3.C7H7NO3/c1-10(2,3)14-9(12)8-4-6-11(13)7-5-8;1-7(2)13-9(11)8-3-5-10(12)6-4-8;1-2-12-8(10)7-3-5-9(11)6-4-7;1-11-7(9)6-2-4-8(10)5-3-6/h4-7H,1-3H3;3-7H,1-2H3;3-6H,2H2,1H3;2-5H,1H3. The van der Waals surface area contributed by atoms with Crippen molar-refractivity contribution in [2.24, 2.45) is 0 Å². The van der Waals surface area contributed by atoms with E-state index < -0.39 is 29.5 Å². The van der Waals surface area contributed by atoms with Gasteiger partial charge in [0.15, 0.2) is 49.6 Å². The molecule has 0 aliphatic carbocycles. The molecule has 0 bridgehead atoms. The average molecular weight is 697 g/mol. The molecule has 4 aromatic heterocycles. The van der Waals surface area contributed by atoms with Crippen LogP contribution in [0.1, 0.15) is 83.0 Å². The van der Waals surface area contributed by atoms with E-state index in [1.165, 1.54) is 105 Å². The van der Waals surface area contributed by atoms with E-state index in [1.54, 1.807) is 41.5 Å². The van der Waals surface area contributed by atoms with Crippen molar-refractivity contribution in [3.05, 3.63) is 141 Å². The molecule has 268 valence electrons. The summed E-state index contributed by atoms with van der Waals surface area (Å²) in [6.45, 7) is 11.0. The third-order valence-corrected chi connectivity index (χ3v) is 5.35. The number of hydrogen-bond donors (Lipinski definition) is 0. The molecule has 0 aromatic carbocycles. The highest BCUT2D eigenvalue weighted by molar-refractivity contribution is 5.90. The highest BCUT2D eigenvalue weighted by atomic mass is 16.6. The van der Waals surface area contributed by atoms with Gasteiger partial charge in [0.25, 0.3) is 0 Å². The van der Waals surface area contributed by atoms with Gasteiger partial charge in [0.1, 0.15) is 5.60 Å². The second-order valence-electron chi connectivity index (χ2n) is 11.0. The predicted molar refractivity (Wildman–Crippen MR) is 175 cm³/mol. The molecule has 0 radical (unpaired) electrons. The lowest BCUT2D eigenvalue weighted by Gasteiger charge is -2.19. The van der Waals surface area contributed by atoms with E-state index in [1.807, 2.05) is 0 Å². The summed E-state index contributed by atoms with van der Waals surface area (Å²) >= 11 is 0. The van der Waals surface area contributed by atoms with Crippen molar-refractivity contribution < 1.29 is 57.0 Å². The van der Waals surface area contributed by atoms with Gasteiger partial charge in [0, 0.05) is 48.5 Å². The van der Waals surface area contributed by atoms with E-state index in [9.17, 15) is 40.0 Å². The summed E-state index contributed by atoms with van der Waals surface area (Å²) in [5.74, 6) is -1.67. The van der Waals surface area contributed by atoms with Crippen LogP contribution < -0.4 is 18.9 Å². The summed E-state index contributed by atoms with van der Waals surface area (Å²) in [5.41, 5.74) is 1.02. The summed E-state index contributed by atoms with van der Waals surface area (Å²) in [5, 5.41) is 42.4. The summed E-state index contributed by atoms with van der Waals surface area (Å²) in [6.07, 6.45) is 9.90. The first-order chi connectivity index (χ1) is 23.4. The normalized spacial score (nSPS) is 10.0. The molecule has 0 aliphatic rings. The highest BCUT2D eigenvalue weighted by Gasteiger charge is 2.18. The molecule has 4 rings (SSSR count). The predicted octanol–water partition coefficient (Wildman–Crippen LogP) is 2.76. The van der Waals surface area contributed by atoms with E-state index in [0.29, 0.717) is 47.8 Å². The molecule has 0 saturated heterocycles. The molecule has 16 nitrogen and oxygen atoms in total. The lowest BCUT2D eigenvalue weighted by molar-refractivity contribution is -0.605. The Balaban J connectivity index is 0.000000335. The highest BCUT2D eigenvalue weighted by Crippen LogP contribution is 2.11. The number of esters is 4. The molecule has 0 unspecified atom stereocenters. The van der Waals surface area contributed by atoms with Crippen LogP contribution in [0.5, 0.6) is 0 Å². The lowest BCUT2D eigenvalue weighted by Crippen LogP contribution is -2.27. The Bertz CT molecular complexity index is 1640. The van der Waals surface area contributed by atoms with E-state index in [4.69, 9.17) is 14.2 Å². The van der Waals surface area contributed by atoms with Crippen molar-refractivity contribution >= 4 is 23.9 Å². The van der Waals surface area contributed by atoms with E-state index >= 15 is 0 Å². The van der Waals surface area contributed by atoms with Crippen LogP contribution in [0, 0.1) is 20.8 Å². The van der Waals surface area contributed by atoms with Gasteiger partial charge in [-0.15, -0.1) is 0 Å². The maximum Gasteiger partial charge on any atom is 0.339 e. The van der Waals surface area contributed by atoms with Crippen LogP contribution in [0.15, 0.2) is 98.1 Å². The Labute approximate surface area is 289 Å². The van der Waals surface area contributed by atoms with Gasteiger partial charge in [-0.1, -0.05) is 0 Å². The maximum absolute atomic E-state index is 11.4. The van der Waals surface area contributed by atoms with Crippen LogP contribution in [0.3, 0.4) is 0 Å². The number of nitrogens with zero attached hydrogens (tertiary/aromatic N) is 4. The fourth-order valence-electron chi connectivity index (χ4n) is 3.15. The molecule has 0 N–H and O–H groups in total. The zero-order valence-electron chi connectivity index (χ0n) is 28.7. The fraction of sp³-hybridized carbons (Fsp3) is 0.294. The summed E-state index contributed by atoms with van der Waals surface area (Å²) in [4.78, 5) is 44.5. The minimum Gasteiger partial charge on any atom is -0.619 e. The lowest BCUT2D eigenvalue weighted by atomic mass is 10.2. The van der Waals surface area contributed by atoms with Crippen molar-refractivity contribution in [2.45, 2.75) is 53.2 Å². The number of rotatable bonds is 6. The molecular weight excluding hydrogens is 656 g/mol. The Hall–Kier alpha value is -6.32. The molecule has 4 aromatic rings. The van der Waals surface area contributed by atoms with E-state index in [0.717, 1.165) is 0 Å². The van der Waals surface area contributed by atoms with Crippen molar-refractivity contribution in [2.75, 3.05) is 13.7 Å². The molecule has 0 atom stereocenters. The van der Waals surface area contributed by atoms with Gasteiger partial charge in [0.2, 0.25) is 0 Å². The largest absolute Gasteiger partial charge is 0.619 e. The monoisotopic (exact) mass is 696 g/mol. The van der Waals surface area contributed by atoms with Crippen molar-refractivity contribution in [3.63, 3.8) is 0 Å². The van der Waals surface area contributed by atoms with Gasteiger partial charge >= 0.3 is 23.9 Å². The third-order valence-electron chi connectivity index (χ3n) is 5.35. The van der Waals surface area contributed by atoms with Crippen LogP contribution in [-0.4, -0.2) is 49.3 Å². The minimum absolute atomic E-state index is 0.146. The first kappa shape index (κ1) is 41.7. The van der Waals surface area contributed by atoms with Gasteiger partial charge < -0.3 is 39.8 Å². The number of ether oxygens (including phenoxy) is 4. The molecule has 50 heavy (non-hydrogen) atoms. The zero-order valence-corrected chi connectivity index (χ0v) is 28.7. The van der Waals surface area contributed by atoms with Crippen LogP contribution in [-0.2, 0) is 18.9 Å². The molecular formula is C34H40N4O12. The van der Waals surface area contributed by atoms with Crippen LogP contribution in [0.25, 0.3) is 0 Å². The second-order valence-corrected chi connectivity index (χ2v) is 11.0. The third kappa shape index (κ3) is 17.0. The van der Waals surface area contributed by atoms with Crippen LogP contribution in [0.4, 0.5) is 0 Å². The minimum atomic E-state index is -0.514. The van der Waals surface area contributed by atoms with Gasteiger partial charge in [0.05, 0.1) is 42.1 Å². The number of methoxy groups -OCH3 is 1. The molecule has 0 fully saturated rings. The second kappa shape index (κ2) is 20.8. The maximum atomic E-state index is 11.4. The van der Waals surface area contributed by atoms with Gasteiger partial charge in [-0.25, -0.2) is 19.2 Å². The molecule has 0 amide bonds. The smallest absolute Gasteiger partial charge is 0.339 e. The summed E-state index contributed by atoms with van der Waals surface area (Å²) in [7, 11) is 1.29. The van der Waals surface area contributed by atoms with Crippen molar-refractivity contribution in [1.82, 2.24) is 0 Å². The van der Waals surface area contributed by atoms with Gasteiger partial charge in [-0.2, -0.15) is 18.9 Å². The number of carbonyl (C=O) groups excluding carboxylic acids is 4. The topological polar surface area (TPSA) is 213 Å². The molecule has 0 aliphatic heterocycles. The van der Waals surface area contributed by atoms with Crippen molar-refractivity contribution in [1.29, 1.82) is 0 Å². The first-order valence-electron chi connectivity index (χ1n) is 14.9. The number of aromatic nitrogens is 4. The van der Waals surface area contributed by atoms with Gasteiger partial charge in [-0.3, -0.25) is 0 Å². The van der Waals surface area contributed by atoms with Crippen molar-refractivity contribution in [3.8, 4) is 0 Å². The van der Waals surface area contributed by atoms with E-state index in [2.05, 4.69) is 4.74 Å². The molecule has 0 saturated carbocycles. The summed E-state index contributed by atoms with van der Waals surface area (Å²) < 4.78 is 21.6. The number of hydrogen-bond acceptors (Lipinski definition) is 12. The molecule has 4 heterocycles. The van der Waals surface area contributed by atoms with E-state index in [-0.39, 0.29) is 6.10 Å². The fourth-order valence-corrected chi connectivity index (χ4v) is 3.15. The number of carbonyl (C=O) groups is 4. The average Bonchev–Trinajstić information content (AvgIpc) is 3.05. The van der Waals surface area contributed by atoms with Gasteiger partial charge in [-0.05, 0) is 41.5 Å². The zero-order chi connectivity index (χ0) is 37.9. The Kier molecular flexibility index (Phi) is 17.4. The van der Waals surface area contributed by atoms with Crippen LogP contribution in [0.2, 0.25) is 0 Å². The Morgan fingerprint density at radius 2 is 0.880 bits per heavy atom. The quantitative estimate of drug-likeness (QED) is 0.123. The number of pyridine rings is 4. The molecule has 0 spiro atoms.